The standard InChI is InChI=1S/C19H25N7O3S/c1-3-14(30-19-23-12-13(15(20)24-19)17(28)29-4-2)16(27)25-8-10-26(11-9-25)18-21-6-5-7-22-18/h5-7,12,14H,3-4,8-11H2,1-2H3,(H2,20,23,24). The van der Waals surface area contributed by atoms with Gasteiger partial charge in [0, 0.05) is 44.8 Å². The summed E-state index contributed by atoms with van der Waals surface area (Å²) in [5, 5.41) is 0.0226. The molecule has 11 heteroatoms. The molecule has 1 unspecified atom stereocenters. The lowest BCUT2D eigenvalue weighted by Crippen LogP contribution is -2.51. The number of anilines is 2. The van der Waals surface area contributed by atoms with Crippen LogP contribution in [0, 0.1) is 0 Å². The molecule has 0 bridgehead atoms. The van der Waals surface area contributed by atoms with Crippen molar-refractivity contribution in [3.8, 4) is 0 Å². The first-order valence-corrected chi connectivity index (χ1v) is 10.7. The van der Waals surface area contributed by atoms with Crippen molar-refractivity contribution in [2.45, 2.75) is 30.7 Å². The van der Waals surface area contributed by atoms with Crippen LogP contribution in [0.1, 0.15) is 30.6 Å². The van der Waals surface area contributed by atoms with Crippen LogP contribution in [0.15, 0.2) is 29.8 Å². The minimum absolute atomic E-state index is 0.0350. The first-order valence-electron chi connectivity index (χ1n) is 9.80. The molecule has 30 heavy (non-hydrogen) atoms. The second-order valence-electron chi connectivity index (χ2n) is 6.55. The number of ether oxygens (including phenoxy) is 1. The van der Waals surface area contributed by atoms with Gasteiger partial charge in [0.25, 0.3) is 0 Å². The van der Waals surface area contributed by atoms with Gasteiger partial charge in [-0.25, -0.2) is 24.7 Å². The lowest BCUT2D eigenvalue weighted by molar-refractivity contribution is -0.130. The number of amides is 1. The van der Waals surface area contributed by atoms with E-state index in [0.29, 0.717) is 43.7 Å². The van der Waals surface area contributed by atoms with E-state index in [-0.39, 0.29) is 29.1 Å². The highest BCUT2D eigenvalue weighted by Gasteiger charge is 2.29. The van der Waals surface area contributed by atoms with Crippen LogP contribution in [0.2, 0.25) is 0 Å². The zero-order valence-corrected chi connectivity index (χ0v) is 17.8. The first-order chi connectivity index (χ1) is 14.5. The Labute approximate surface area is 179 Å². The maximum atomic E-state index is 13.0. The molecule has 160 valence electrons. The van der Waals surface area contributed by atoms with E-state index in [9.17, 15) is 9.59 Å². The van der Waals surface area contributed by atoms with Gasteiger partial charge in [-0.1, -0.05) is 18.7 Å². The number of esters is 1. The first kappa shape index (κ1) is 21.8. The number of carbonyl (C=O) groups is 2. The zero-order valence-electron chi connectivity index (χ0n) is 17.0. The number of aromatic nitrogens is 4. The third-order valence-corrected chi connectivity index (χ3v) is 5.84. The Balaban J connectivity index is 1.60. The molecule has 1 fully saturated rings. The number of rotatable bonds is 7. The maximum absolute atomic E-state index is 13.0. The van der Waals surface area contributed by atoms with Crippen LogP contribution in [0.25, 0.3) is 0 Å². The van der Waals surface area contributed by atoms with Crippen molar-refractivity contribution in [3.63, 3.8) is 0 Å². The van der Waals surface area contributed by atoms with Gasteiger partial charge < -0.3 is 20.3 Å². The Morgan fingerprint density at radius 2 is 1.87 bits per heavy atom. The van der Waals surface area contributed by atoms with E-state index in [2.05, 4.69) is 24.8 Å². The molecule has 1 saturated heterocycles. The van der Waals surface area contributed by atoms with Gasteiger partial charge in [-0.15, -0.1) is 0 Å². The van der Waals surface area contributed by atoms with Crippen LogP contribution in [-0.4, -0.2) is 74.7 Å². The number of nitrogens with two attached hydrogens (primary N) is 1. The van der Waals surface area contributed by atoms with E-state index in [1.165, 1.54) is 18.0 Å². The monoisotopic (exact) mass is 431 g/mol. The van der Waals surface area contributed by atoms with Gasteiger partial charge in [0.2, 0.25) is 11.9 Å². The van der Waals surface area contributed by atoms with E-state index in [4.69, 9.17) is 10.5 Å². The van der Waals surface area contributed by atoms with E-state index in [0.717, 1.165) is 0 Å². The third-order valence-electron chi connectivity index (χ3n) is 4.61. The normalized spacial score (nSPS) is 15.0. The zero-order chi connectivity index (χ0) is 21.5. The summed E-state index contributed by atoms with van der Waals surface area (Å²) >= 11 is 1.25. The summed E-state index contributed by atoms with van der Waals surface area (Å²) in [6.07, 6.45) is 5.39. The third kappa shape index (κ3) is 5.15. The minimum Gasteiger partial charge on any atom is -0.462 e. The summed E-state index contributed by atoms with van der Waals surface area (Å²) in [7, 11) is 0. The second kappa shape index (κ2) is 10.2. The average Bonchev–Trinajstić information content (AvgIpc) is 2.78. The fourth-order valence-electron chi connectivity index (χ4n) is 3.02. The van der Waals surface area contributed by atoms with Crippen LogP contribution in [0.3, 0.4) is 0 Å². The molecule has 1 atom stereocenters. The summed E-state index contributed by atoms with van der Waals surface area (Å²) in [6.45, 7) is 6.44. The van der Waals surface area contributed by atoms with Crippen molar-refractivity contribution < 1.29 is 14.3 Å². The van der Waals surface area contributed by atoms with E-state index < -0.39 is 5.97 Å². The smallest absolute Gasteiger partial charge is 0.343 e. The Kier molecular flexibility index (Phi) is 7.39. The highest BCUT2D eigenvalue weighted by atomic mass is 32.2. The van der Waals surface area contributed by atoms with Crippen LogP contribution in [0.4, 0.5) is 11.8 Å². The van der Waals surface area contributed by atoms with Crippen LogP contribution >= 0.6 is 11.8 Å². The number of hydrogen-bond donors (Lipinski definition) is 1. The predicted molar refractivity (Wildman–Crippen MR) is 113 cm³/mol. The molecule has 1 amide bonds. The van der Waals surface area contributed by atoms with Gasteiger partial charge in [0.15, 0.2) is 5.16 Å². The molecule has 0 aliphatic carbocycles. The molecule has 0 aromatic carbocycles. The van der Waals surface area contributed by atoms with E-state index in [1.807, 2.05) is 11.8 Å². The molecule has 2 aromatic rings. The molecule has 0 radical (unpaired) electrons. The lowest BCUT2D eigenvalue weighted by Gasteiger charge is -2.36. The second-order valence-corrected chi connectivity index (χ2v) is 7.72. The highest BCUT2D eigenvalue weighted by molar-refractivity contribution is 8.00. The number of thioether (sulfide) groups is 1. The summed E-state index contributed by atoms with van der Waals surface area (Å²) in [4.78, 5) is 45.7. The largest absolute Gasteiger partial charge is 0.462 e. The van der Waals surface area contributed by atoms with Gasteiger partial charge in [-0.3, -0.25) is 4.79 Å². The maximum Gasteiger partial charge on any atom is 0.343 e. The number of carbonyl (C=O) groups excluding carboxylic acids is 2. The molecule has 2 N–H and O–H groups in total. The molecule has 3 heterocycles. The fourth-order valence-corrected chi connectivity index (χ4v) is 3.96. The van der Waals surface area contributed by atoms with Gasteiger partial charge >= 0.3 is 5.97 Å². The SMILES string of the molecule is CCOC(=O)c1cnc(SC(CC)C(=O)N2CCN(c3ncccn3)CC2)nc1N. The summed E-state index contributed by atoms with van der Waals surface area (Å²) in [5.74, 6) is 0.198. The van der Waals surface area contributed by atoms with Crippen molar-refractivity contribution in [3.05, 3.63) is 30.2 Å². The molecule has 3 rings (SSSR count). The molecular formula is C19H25N7O3S. The van der Waals surface area contributed by atoms with Crippen LogP contribution in [0.5, 0.6) is 0 Å². The number of nitrogen functional groups attached to an aromatic ring is 1. The van der Waals surface area contributed by atoms with Gasteiger partial charge in [0.1, 0.15) is 11.4 Å². The fraction of sp³-hybridized carbons (Fsp3) is 0.474. The molecular weight excluding hydrogens is 406 g/mol. The summed E-state index contributed by atoms with van der Waals surface area (Å²) < 4.78 is 4.93. The van der Waals surface area contributed by atoms with Gasteiger partial charge in [-0.2, -0.15) is 0 Å². The molecule has 0 spiro atoms. The molecule has 2 aromatic heterocycles. The van der Waals surface area contributed by atoms with Crippen molar-refractivity contribution in [2.24, 2.45) is 0 Å². The number of piperazine rings is 1. The predicted octanol–water partition coefficient (Wildman–Crippen LogP) is 1.24. The summed E-state index contributed by atoms with van der Waals surface area (Å²) in [6, 6.07) is 1.78. The molecule has 1 aliphatic rings. The van der Waals surface area contributed by atoms with Crippen LogP contribution < -0.4 is 10.6 Å². The Hall–Kier alpha value is -2.95. The molecule has 0 saturated carbocycles. The Morgan fingerprint density at radius 1 is 1.17 bits per heavy atom. The topological polar surface area (TPSA) is 127 Å². The molecule has 10 nitrogen and oxygen atoms in total. The number of nitrogens with zero attached hydrogens (tertiary/aromatic N) is 6. The van der Waals surface area contributed by atoms with Gasteiger partial charge in [0.05, 0.1) is 11.9 Å². The van der Waals surface area contributed by atoms with Crippen molar-refractivity contribution >= 4 is 35.4 Å². The molecule has 1 aliphatic heterocycles. The minimum atomic E-state index is -0.560. The quantitative estimate of drug-likeness (QED) is 0.388. The average molecular weight is 432 g/mol. The van der Waals surface area contributed by atoms with Crippen molar-refractivity contribution in [2.75, 3.05) is 43.4 Å². The Morgan fingerprint density at radius 3 is 2.47 bits per heavy atom. The number of hydrogen-bond acceptors (Lipinski definition) is 10. The van der Waals surface area contributed by atoms with E-state index >= 15 is 0 Å². The van der Waals surface area contributed by atoms with Crippen molar-refractivity contribution in [1.29, 1.82) is 0 Å². The van der Waals surface area contributed by atoms with E-state index in [1.54, 1.807) is 25.4 Å². The lowest BCUT2D eigenvalue weighted by atomic mass is 10.2. The highest BCUT2D eigenvalue weighted by Crippen LogP contribution is 2.26. The van der Waals surface area contributed by atoms with Crippen LogP contribution in [-0.2, 0) is 9.53 Å². The summed E-state index contributed by atoms with van der Waals surface area (Å²) in [5.41, 5.74) is 6.01. The van der Waals surface area contributed by atoms with Crippen molar-refractivity contribution in [1.82, 2.24) is 24.8 Å². The Bertz CT molecular complexity index is 876. The van der Waals surface area contributed by atoms with Gasteiger partial charge in [-0.05, 0) is 19.4 Å².